The topological polar surface area (TPSA) is 74.0 Å². The third-order valence-electron chi connectivity index (χ3n) is 3.15. The molecule has 2 heterocycles. The van der Waals surface area contributed by atoms with Crippen molar-refractivity contribution in [3.05, 3.63) is 65.9 Å². The number of aromatic carboxylic acids is 1. The molecular formula is C17H10N2O2S. The van der Waals surface area contributed by atoms with Crippen LogP contribution in [0.2, 0.25) is 0 Å². The fraction of sp³-hybridized carbons (Fsp3) is 0. The largest absolute Gasteiger partial charge is 0.478 e. The summed E-state index contributed by atoms with van der Waals surface area (Å²) in [5, 5.41) is 18.4. The van der Waals surface area contributed by atoms with Crippen LogP contribution in [-0.4, -0.2) is 16.1 Å². The maximum atomic E-state index is 11.1. The van der Waals surface area contributed by atoms with Crippen LogP contribution >= 0.6 is 11.3 Å². The summed E-state index contributed by atoms with van der Waals surface area (Å²) in [7, 11) is 0. The molecular weight excluding hydrogens is 296 g/mol. The highest BCUT2D eigenvalue weighted by atomic mass is 32.1. The molecule has 4 nitrogen and oxygen atoms in total. The number of aromatic nitrogens is 1. The first kappa shape index (κ1) is 14.0. The second-order valence-corrected chi connectivity index (χ2v) is 5.62. The summed E-state index contributed by atoms with van der Waals surface area (Å²) in [4.78, 5) is 16.9. The second kappa shape index (κ2) is 5.80. The van der Waals surface area contributed by atoms with Crippen LogP contribution in [0, 0.1) is 11.3 Å². The van der Waals surface area contributed by atoms with Gasteiger partial charge in [0.15, 0.2) is 0 Å². The van der Waals surface area contributed by atoms with E-state index in [1.165, 1.54) is 29.7 Å². The van der Waals surface area contributed by atoms with Crippen LogP contribution in [0.1, 0.15) is 15.9 Å². The molecule has 2 aromatic heterocycles. The summed E-state index contributed by atoms with van der Waals surface area (Å²) in [5.41, 5.74) is 2.26. The second-order valence-electron chi connectivity index (χ2n) is 4.57. The SMILES string of the molecule is N#Cc1cc(-c2cc(C(=O)O)ccn2)sc1-c1ccccc1. The van der Waals surface area contributed by atoms with Crippen molar-refractivity contribution in [2.45, 2.75) is 0 Å². The van der Waals surface area contributed by atoms with E-state index in [0.29, 0.717) is 11.3 Å². The third-order valence-corrected chi connectivity index (χ3v) is 4.35. The van der Waals surface area contributed by atoms with E-state index in [1.54, 1.807) is 6.07 Å². The Bertz CT molecular complexity index is 879. The summed E-state index contributed by atoms with van der Waals surface area (Å²) in [6.07, 6.45) is 1.47. The predicted octanol–water partition coefficient (Wildman–Crippen LogP) is 4.05. The monoisotopic (exact) mass is 306 g/mol. The van der Waals surface area contributed by atoms with Crippen LogP contribution in [-0.2, 0) is 0 Å². The van der Waals surface area contributed by atoms with Gasteiger partial charge in [0.2, 0.25) is 0 Å². The number of pyridine rings is 1. The molecule has 0 aliphatic heterocycles. The van der Waals surface area contributed by atoms with Gasteiger partial charge in [-0.05, 0) is 23.8 Å². The van der Waals surface area contributed by atoms with Gasteiger partial charge in [0, 0.05) is 6.20 Å². The van der Waals surface area contributed by atoms with E-state index in [9.17, 15) is 10.1 Å². The summed E-state index contributed by atoms with van der Waals surface area (Å²) in [6, 6.07) is 16.5. The quantitative estimate of drug-likeness (QED) is 0.792. The smallest absolute Gasteiger partial charge is 0.335 e. The molecule has 0 atom stereocenters. The Morgan fingerprint density at radius 1 is 1.18 bits per heavy atom. The van der Waals surface area contributed by atoms with Gasteiger partial charge < -0.3 is 5.11 Å². The molecule has 22 heavy (non-hydrogen) atoms. The number of nitriles is 1. The van der Waals surface area contributed by atoms with E-state index < -0.39 is 5.97 Å². The maximum absolute atomic E-state index is 11.1. The van der Waals surface area contributed by atoms with Crippen molar-refractivity contribution in [3.63, 3.8) is 0 Å². The van der Waals surface area contributed by atoms with Gasteiger partial charge in [-0.3, -0.25) is 4.98 Å². The molecule has 0 amide bonds. The first-order chi connectivity index (χ1) is 10.7. The van der Waals surface area contributed by atoms with Crippen LogP contribution in [0.15, 0.2) is 54.7 Å². The number of thiophene rings is 1. The Labute approximate surface area is 130 Å². The number of carbonyl (C=O) groups is 1. The van der Waals surface area contributed by atoms with Crippen molar-refractivity contribution in [1.29, 1.82) is 5.26 Å². The maximum Gasteiger partial charge on any atom is 0.335 e. The molecule has 0 aliphatic carbocycles. The minimum absolute atomic E-state index is 0.179. The molecule has 0 aliphatic rings. The Balaban J connectivity index is 2.11. The van der Waals surface area contributed by atoms with E-state index in [2.05, 4.69) is 11.1 Å². The lowest BCUT2D eigenvalue weighted by Gasteiger charge is -1.99. The van der Waals surface area contributed by atoms with E-state index in [0.717, 1.165) is 15.3 Å². The number of benzene rings is 1. The lowest BCUT2D eigenvalue weighted by molar-refractivity contribution is 0.0697. The molecule has 1 aromatic carbocycles. The lowest BCUT2D eigenvalue weighted by Crippen LogP contribution is -1.96. The molecule has 0 saturated carbocycles. The number of hydrogen-bond donors (Lipinski definition) is 1. The Hall–Kier alpha value is -2.97. The highest BCUT2D eigenvalue weighted by molar-refractivity contribution is 7.19. The van der Waals surface area contributed by atoms with Crippen LogP contribution in [0.3, 0.4) is 0 Å². The summed E-state index contributed by atoms with van der Waals surface area (Å²) < 4.78 is 0. The van der Waals surface area contributed by atoms with Crippen molar-refractivity contribution in [1.82, 2.24) is 4.98 Å². The van der Waals surface area contributed by atoms with Crippen LogP contribution < -0.4 is 0 Å². The van der Waals surface area contributed by atoms with Crippen LogP contribution in [0.4, 0.5) is 0 Å². The summed E-state index contributed by atoms with van der Waals surface area (Å²) in [5.74, 6) is -0.996. The minimum atomic E-state index is -0.996. The lowest BCUT2D eigenvalue weighted by atomic mass is 10.1. The Morgan fingerprint density at radius 3 is 2.64 bits per heavy atom. The van der Waals surface area contributed by atoms with E-state index >= 15 is 0 Å². The fourth-order valence-electron chi connectivity index (χ4n) is 2.10. The van der Waals surface area contributed by atoms with Gasteiger partial charge in [0.05, 0.1) is 26.6 Å². The zero-order chi connectivity index (χ0) is 15.5. The summed E-state index contributed by atoms with van der Waals surface area (Å²) in [6.45, 7) is 0. The first-order valence-electron chi connectivity index (χ1n) is 6.48. The van der Waals surface area contributed by atoms with E-state index in [1.807, 2.05) is 30.3 Å². The van der Waals surface area contributed by atoms with Gasteiger partial charge in [-0.1, -0.05) is 30.3 Å². The number of nitrogens with zero attached hydrogens (tertiary/aromatic N) is 2. The minimum Gasteiger partial charge on any atom is -0.478 e. The van der Waals surface area contributed by atoms with E-state index in [-0.39, 0.29) is 5.56 Å². The zero-order valence-corrected chi connectivity index (χ0v) is 12.2. The average Bonchev–Trinajstić information content (AvgIpc) is 3.00. The molecule has 106 valence electrons. The van der Waals surface area contributed by atoms with Crippen molar-refractivity contribution in [2.24, 2.45) is 0 Å². The van der Waals surface area contributed by atoms with Crippen molar-refractivity contribution < 1.29 is 9.90 Å². The number of carboxylic acids is 1. The number of rotatable bonds is 3. The third kappa shape index (κ3) is 2.60. The molecule has 0 bridgehead atoms. The standard InChI is InChI=1S/C17H10N2O2S/c18-10-13-9-15(14-8-12(17(20)21)6-7-19-14)22-16(13)11-4-2-1-3-5-11/h1-9H,(H,20,21). The van der Waals surface area contributed by atoms with Gasteiger partial charge in [-0.2, -0.15) is 5.26 Å². The van der Waals surface area contributed by atoms with Gasteiger partial charge >= 0.3 is 5.97 Å². The molecule has 0 spiro atoms. The number of hydrogen-bond acceptors (Lipinski definition) is 4. The molecule has 5 heteroatoms. The summed E-state index contributed by atoms with van der Waals surface area (Å²) >= 11 is 1.43. The Morgan fingerprint density at radius 2 is 1.95 bits per heavy atom. The van der Waals surface area contributed by atoms with Gasteiger partial charge in [-0.25, -0.2) is 4.79 Å². The van der Waals surface area contributed by atoms with E-state index in [4.69, 9.17) is 5.11 Å². The highest BCUT2D eigenvalue weighted by Gasteiger charge is 2.14. The molecule has 0 radical (unpaired) electrons. The van der Waals surface area contributed by atoms with Crippen LogP contribution in [0.5, 0.6) is 0 Å². The van der Waals surface area contributed by atoms with Crippen molar-refractivity contribution in [3.8, 4) is 27.1 Å². The first-order valence-corrected chi connectivity index (χ1v) is 7.30. The fourth-order valence-corrected chi connectivity index (χ4v) is 3.18. The highest BCUT2D eigenvalue weighted by Crippen LogP contribution is 2.37. The van der Waals surface area contributed by atoms with Crippen LogP contribution in [0.25, 0.3) is 21.0 Å². The van der Waals surface area contributed by atoms with Gasteiger partial charge in [-0.15, -0.1) is 11.3 Å². The average molecular weight is 306 g/mol. The molecule has 3 aromatic rings. The molecule has 0 fully saturated rings. The van der Waals surface area contributed by atoms with Crippen molar-refractivity contribution in [2.75, 3.05) is 0 Å². The van der Waals surface area contributed by atoms with Gasteiger partial charge in [0.25, 0.3) is 0 Å². The van der Waals surface area contributed by atoms with Crippen molar-refractivity contribution >= 4 is 17.3 Å². The predicted molar refractivity (Wildman–Crippen MR) is 84.7 cm³/mol. The Kier molecular flexibility index (Phi) is 3.69. The number of carboxylic acid groups (broad SMARTS) is 1. The molecule has 1 N–H and O–H groups in total. The molecule has 0 saturated heterocycles. The zero-order valence-electron chi connectivity index (χ0n) is 11.4. The van der Waals surface area contributed by atoms with Gasteiger partial charge in [0.1, 0.15) is 6.07 Å². The normalized spacial score (nSPS) is 10.1. The molecule has 0 unspecified atom stereocenters. The molecule has 3 rings (SSSR count).